The number of nitrogens with two attached hydrogens (primary N) is 2. The number of amides is 1. The predicted octanol–water partition coefficient (Wildman–Crippen LogP) is -0.795. The minimum absolute atomic E-state index is 0.442. The summed E-state index contributed by atoms with van der Waals surface area (Å²) in [6, 6.07) is -0.586. The van der Waals surface area contributed by atoms with Crippen LogP contribution in [0.1, 0.15) is 19.3 Å². The van der Waals surface area contributed by atoms with Crippen molar-refractivity contribution in [2.24, 2.45) is 17.4 Å². The lowest BCUT2D eigenvalue weighted by Gasteiger charge is -2.09. The number of rotatable bonds is 9. The second kappa shape index (κ2) is 6.76. The molecule has 5 nitrogen and oxygen atoms in total. The summed E-state index contributed by atoms with van der Waals surface area (Å²) >= 11 is 0. The quantitative estimate of drug-likeness (QED) is 0.439. The maximum Gasteiger partial charge on any atom is 0.235 e. The second-order valence-electron chi connectivity index (χ2n) is 4.08. The minimum atomic E-state index is -0.586. The molecular formula is C10H21N3O2. The Morgan fingerprint density at radius 3 is 2.87 bits per heavy atom. The van der Waals surface area contributed by atoms with Crippen molar-refractivity contribution >= 4 is 5.91 Å². The first kappa shape index (κ1) is 12.4. The average Bonchev–Trinajstić information content (AvgIpc) is 2.99. The van der Waals surface area contributed by atoms with Gasteiger partial charge in [-0.25, -0.2) is 0 Å². The third kappa shape index (κ3) is 6.43. The molecule has 5 N–H and O–H groups in total. The fraction of sp³-hybridized carbons (Fsp3) is 0.900. The van der Waals surface area contributed by atoms with Crippen LogP contribution in [0, 0.1) is 5.92 Å². The molecule has 1 aliphatic carbocycles. The molecule has 0 heterocycles. The maximum absolute atomic E-state index is 10.6. The van der Waals surface area contributed by atoms with E-state index in [-0.39, 0.29) is 0 Å². The summed E-state index contributed by atoms with van der Waals surface area (Å²) in [6.07, 6.45) is 3.59. The topological polar surface area (TPSA) is 90.4 Å². The lowest BCUT2D eigenvalue weighted by Crippen LogP contribution is -2.44. The maximum atomic E-state index is 10.6. The predicted molar refractivity (Wildman–Crippen MR) is 58.2 cm³/mol. The van der Waals surface area contributed by atoms with Gasteiger partial charge in [0.15, 0.2) is 0 Å². The zero-order valence-corrected chi connectivity index (χ0v) is 9.08. The SMILES string of the molecule is NC(=O)C(N)CNCCCOCC1CC1. The summed E-state index contributed by atoms with van der Waals surface area (Å²) in [6.45, 7) is 2.93. The Morgan fingerprint density at radius 2 is 2.27 bits per heavy atom. The molecule has 1 aliphatic rings. The molecule has 5 heteroatoms. The summed E-state index contributed by atoms with van der Waals surface area (Å²) in [4.78, 5) is 10.6. The van der Waals surface area contributed by atoms with Gasteiger partial charge in [-0.05, 0) is 31.7 Å². The zero-order valence-electron chi connectivity index (χ0n) is 9.08. The van der Waals surface area contributed by atoms with Crippen LogP contribution >= 0.6 is 0 Å². The van der Waals surface area contributed by atoms with E-state index < -0.39 is 11.9 Å². The van der Waals surface area contributed by atoms with Gasteiger partial charge in [0.1, 0.15) is 0 Å². The Morgan fingerprint density at radius 1 is 1.53 bits per heavy atom. The van der Waals surface area contributed by atoms with Gasteiger partial charge in [0, 0.05) is 19.8 Å². The molecule has 1 fully saturated rings. The van der Waals surface area contributed by atoms with Crippen LogP contribution in [0.2, 0.25) is 0 Å². The fourth-order valence-corrected chi connectivity index (χ4v) is 1.19. The largest absolute Gasteiger partial charge is 0.381 e. The number of hydrogen-bond acceptors (Lipinski definition) is 4. The van der Waals surface area contributed by atoms with Crippen LogP contribution in [0.15, 0.2) is 0 Å². The normalized spacial score (nSPS) is 17.7. The van der Waals surface area contributed by atoms with Crippen LogP contribution in [0.3, 0.4) is 0 Å². The van der Waals surface area contributed by atoms with Crippen LogP contribution < -0.4 is 16.8 Å². The van der Waals surface area contributed by atoms with E-state index in [1.165, 1.54) is 12.8 Å². The standard InChI is InChI=1S/C10H21N3O2/c11-9(10(12)14)6-13-4-1-5-15-7-8-2-3-8/h8-9,13H,1-7,11H2,(H2,12,14). The first-order valence-corrected chi connectivity index (χ1v) is 5.53. The number of carbonyl (C=O) groups is 1. The zero-order chi connectivity index (χ0) is 11.1. The highest BCUT2D eigenvalue weighted by atomic mass is 16.5. The number of primary amides is 1. The van der Waals surface area contributed by atoms with Gasteiger partial charge in [-0.3, -0.25) is 4.79 Å². The smallest absolute Gasteiger partial charge is 0.235 e. The molecule has 1 saturated carbocycles. The van der Waals surface area contributed by atoms with Crippen molar-refractivity contribution in [3.8, 4) is 0 Å². The Bertz CT molecular complexity index is 195. The highest BCUT2D eigenvalue weighted by molar-refractivity contribution is 5.79. The Kier molecular flexibility index (Phi) is 5.60. The van der Waals surface area contributed by atoms with E-state index in [0.29, 0.717) is 6.54 Å². The van der Waals surface area contributed by atoms with E-state index >= 15 is 0 Å². The van der Waals surface area contributed by atoms with Gasteiger partial charge in [0.2, 0.25) is 5.91 Å². The van der Waals surface area contributed by atoms with Gasteiger partial charge < -0.3 is 21.5 Å². The number of nitrogens with one attached hydrogen (secondary N) is 1. The first-order chi connectivity index (χ1) is 7.20. The van der Waals surface area contributed by atoms with Gasteiger partial charge in [0.05, 0.1) is 6.04 Å². The molecule has 0 aliphatic heterocycles. The van der Waals surface area contributed by atoms with Crippen molar-refractivity contribution in [1.29, 1.82) is 0 Å². The lowest BCUT2D eigenvalue weighted by molar-refractivity contribution is -0.119. The van der Waals surface area contributed by atoms with Gasteiger partial charge in [-0.1, -0.05) is 0 Å². The molecule has 1 atom stereocenters. The molecule has 88 valence electrons. The average molecular weight is 215 g/mol. The number of carbonyl (C=O) groups excluding carboxylic acids is 1. The van der Waals surface area contributed by atoms with E-state index in [1.54, 1.807) is 0 Å². The fourth-order valence-electron chi connectivity index (χ4n) is 1.19. The molecule has 1 rings (SSSR count). The molecule has 0 aromatic heterocycles. The van der Waals surface area contributed by atoms with Crippen molar-refractivity contribution in [3.05, 3.63) is 0 Å². The van der Waals surface area contributed by atoms with Crippen molar-refractivity contribution in [2.45, 2.75) is 25.3 Å². The summed E-state index contributed by atoms with van der Waals surface area (Å²) in [5, 5.41) is 3.06. The van der Waals surface area contributed by atoms with E-state index in [2.05, 4.69) is 5.32 Å². The van der Waals surface area contributed by atoms with E-state index in [0.717, 1.165) is 32.1 Å². The van der Waals surface area contributed by atoms with E-state index in [1.807, 2.05) is 0 Å². The highest BCUT2D eigenvalue weighted by Crippen LogP contribution is 2.28. The van der Waals surface area contributed by atoms with Gasteiger partial charge in [0.25, 0.3) is 0 Å². The highest BCUT2D eigenvalue weighted by Gasteiger charge is 2.20. The van der Waals surface area contributed by atoms with Crippen molar-refractivity contribution in [2.75, 3.05) is 26.3 Å². The van der Waals surface area contributed by atoms with Gasteiger partial charge in [-0.2, -0.15) is 0 Å². The molecule has 0 saturated heterocycles. The summed E-state index contributed by atoms with van der Waals surface area (Å²) < 4.78 is 5.45. The van der Waals surface area contributed by atoms with E-state index in [9.17, 15) is 4.79 Å². The molecule has 0 aromatic carbocycles. The van der Waals surface area contributed by atoms with Crippen molar-refractivity contribution in [3.63, 3.8) is 0 Å². The Balaban J connectivity index is 1.77. The number of hydrogen-bond donors (Lipinski definition) is 3. The molecular weight excluding hydrogens is 194 g/mol. The van der Waals surface area contributed by atoms with Crippen LogP contribution in [-0.2, 0) is 9.53 Å². The summed E-state index contributed by atoms with van der Waals surface area (Å²) in [5.41, 5.74) is 10.4. The van der Waals surface area contributed by atoms with Gasteiger partial charge >= 0.3 is 0 Å². The summed E-state index contributed by atoms with van der Waals surface area (Å²) in [7, 11) is 0. The molecule has 15 heavy (non-hydrogen) atoms. The third-order valence-electron chi connectivity index (χ3n) is 2.42. The molecule has 0 aromatic rings. The third-order valence-corrected chi connectivity index (χ3v) is 2.42. The second-order valence-corrected chi connectivity index (χ2v) is 4.08. The number of ether oxygens (including phenoxy) is 1. The molecule has 1 amide bonds. The first-order valence-electron chi connectivity index (χ1n) is 5.53. The van der Waals surface area contributed by atoms with Crippen LogP contribution in [0.25, 0.3) is 0 Å². The van der Waals surface area contributed by atoms with Crippen molar-refractivity contribution < 1.29 is 9.53 Å². The Hall–Kier alpha value is -0.650. The van der Waals surface area contributed by atoms with Crippen molar-refractivity contribution in [1.82, 2.24) is 5.32 Å². The Labute approximate surface area is 90.5 Å². The monoisotopic (exact) mass is 215 g/mol. The lowest BCUT2D eigenvalue weighted by atomic mass is 10.3. The van der Waals surface area contributed by atoms with Crippen LogP contribution in [0.4, 0.5) is 0 Å². The van der Waals surface area contributed by atoms with Crippen LogP contribution in [-0.4, -0.2) is 38.3 Å². The van der Waals surface area contributed by atoms with Gasteiger partial charge in [-0.15, -0.1) is 0 Å². The molecule has 0 bridgehead atoms. The molecule has 0 spiro atoms. The summed E-state index contributed by atoms with van der Waals surface area (Å²) in [5.74, 6) is 0.355. The molecule has 0 radical (unpaired) electrons. The van der Waals surface area contributed by atoms with Crippen LogP contribution in [0.5, 0.6) is 0 Å². The minimum Gasteiger partial charge on any atom is -0.381 e. The molecule has 1 unspecified atom stereocenters. The van der Waals surface area contributed by atoms with E-state index in [4.69, 9.17) is 16.2 Å².